The van der Waals surface area contributed by atoms with Gasteiger partial charge in [0, 0.05) is 6.08 Å². The highest BCUT2D eigenvalue weighted by Crippen LogP contribution is 2.03. The van der Waals surface area contributed by atoms with Gasteiger partial charge in [-0.3, -0.25) is 0 Å². The summed E-state index contributed by atoms with van der Waals surface area (Å²) >= 11 is 0. The van der Waals surface area contributed by atoms with Gasteiger partial charge in [0.25, 0.3) is 0 Å². The van der Waals surface area contributed by atoms with Gasteiger partial charge in [0.1, 0.15) is 19.3 Å². The molecular formula is C11H22NO3+. The van der Waals surface area contributed by atoms with Crippen LogP contribution in [0.5, 0.6) is 0 Å². The van der Waals surface area contributed by atoms with Crippen LogP contribution < -0.4 is 0 Å². The molecule has 4 heteroatoms. The van der Waals surface area contributed by atoms with Crippen LogP contribution in [0.3, 0.4) is 0 Å². The molecule has 0 amide bonds. The van der Waals surface area contributed by atoms with Crippen molar-refractivity contribution in [3.63, 3.8) is 0 Å². The average Bonchev–Trinajstić information content (AvgIpc) is 2.25. The molecule has 0 aromatic heterocycles. The van der Waals surface area contributed by atoms with E-state index in [0.717, 1.165) is 23.6 Å². The number of aliphatic hydroxyl groups excluding tert-OH is 1. The molecule has 0 bridgehead atoms. The molecule has 1 unspecified atom stereocenters. The van der Waals surface area contributed by atoms with E-state index in [1.165, 1.54) is 0 Å². The maximum Gasteiger partial charge on any atom is 0.330 e. The second-order valence-electron chi connectivity index (χ2n) is 3.92. The summed E-state index contributed by atoms with van der Waals surface area (Å²) in [5.41, 5.74) is 0. The summed E-state index contributed by atoms with van der Waals surface area (Å²) in [5, 5.41) is 9.66. The maximum atomic E-state index is 10.8. The van der Waals surface area contributed by atoms with E-state index in [-0.39, 0.29) is 6.61 Å². The SMILES string of the molecule is C=CC(=O)OCC(O)C[N+](C)(CC)CC. The number of carbonyl (C=O) groups is 1. The summed E-state index contributed by atoms with van der Waals surface area (Å²) in [4.78, 5) is 10.8. The minimum atomic E-state index is -0.612. The Hall–Kier alpha value is -0.870. The van der Waals surface area contributed by atoms with Crippen LogP contribution in [-0.4, -0.2) is 55.0 Å². The molecule has 0 spiro atoms. The summed E-state index contributed by atoms with van der Waals surface area (Å²) in [6.07, 6.45) is 0.485. The number of quaternary nitrogens is 1. The van der Waals surface area contributed by atoms with Crippen LogP contribution in [0.15, 0.2) is 12.7 Å². The molecule has 0 aliphatic rings. The van der Waals surface area contributed by atoms with Crippen LogP contribution in [-0.2, 0) is 9.53 Å². The highest BCUT2D eigenvalue weighted by molar-refractivity contribution is 5.81. The van der Waals surface area contributed by atoms with Crippen molar-refractivity contribution in [1.82, 2.24) is 0 Å². The molecule has 15 heavy (non-hydrogen) atoms. The van der Waals surface area contributed by atoms with Crippen molar-refractivity contribution in [1.29, 1.82) is 0 Å². The maximum absolute atomic E-state index is 10.8. The first-order chi connectivity index (χ1) is 6.97. The summed E-state index contributed by atoms with van der Waals surface area (Å²) in [7, 11) is 2.07. The first-order valence-corrected chi connectivity index (χ1v) is 5.28. The number of likely N-dealkylation sites (N-methyl/N-ethyl adjacent to an activating group) is 1. The van der Waals surface area contributed by atoms with E-state index in [0.29, 0.717) is 6.54 Å². The van der Waals surface area contributed by atoms with Crippen LogP contribution in [0.4, 0.5) is 0 Å². The number of nitrogens with zero attached hydrogens (tertiary/aromatic N) is 1. The van der Waals surface area contributed by atoms with Crippen molar-refractivity contribution in [2.75, 3.05) is 33.3 Å². The molecule has 0 rings (SSSR count). The Morgan fingerprint density at radius 1 is 1.53 bits per heavy atom. The van der Waals surface area contributed by atoms with E-state index in [9.17, 15) is 9.90 Å². The van der Waals surface area contributed by atoms with Gasteiger partial charge < -0.3 is 14.3 Å². The Bertz CT molecular complexity index is 212. The Morgan fingerprint density at radius 3 is 2.47 bits per heavy atom. The van der Waals surface area contributed by atoms with Gasteiger partial charge in [-0.05, 0) is 13.8 Å². The molecule has 0 fully saturated rings. The van der Waals surface area contributed by atoms with E-state index < -0.39 is 12.1 Å². The molecule has 0 saturated heterocycles. The third kappa shape index (κ3) is 5.54. The molecule has 0 heterocycles. The summed E-state index contributed by atoms with van der Waals surface area (Å²) in [6, 6.07) is 0. The Kier molecular flexibility index (Phi) is 6.20. The van der Waals surface area contributed by atoms with Crippen molar-refractivity contribution in [2.24, 2.45) is 0 Å². The van der Waals surface area contributed by atoms with Crippen LogP contribution in [0, 0.1) is 0 Å². The Balaban J connectivity index is 3.96. The number of hydrogen-bond donors (Lipinski definition) is 1. The second-order valence-corrected chi connectivity index (χ2v) is 3.92. The molecule has 1 N–H and O–H groups in total. The molecule has 0 radical (unpaired) electrons. The number of esters is 1. The fraction of sp³-hybridized carbons (Fsp3) is 0.727. The number of hydrogen-bond acceptors (Lipinski definition) is 3. The Labute approximate surface area is 91.7 Å². The zero-order chi connectivity index (χ0) is 11.9. The van der Waals surface area contributed by atoms with Gasteiger partial charge in [0.05, 0.1) is 20.1 Å². The minimum absolute atomic E-state index is 0.0404. The fourth-order valence-electron chi connectivity index (χ4n) is 1.28. The summed E-state index contributed by atoms with van der Waals surface area (Å²) in [5.74, 6) is -0.490. The quantitative estimate of drug-likeness (QED) is 0.384. The number of aliphatic hydroxyl groups is 1. The average molecular weight is 216 g/mol. The first-order valence-electron chi connectivity index (χ1n) is 5.28. The molecule has 0 aromatic carbocycles. The smallest absolute Gasteiger partial charge is 0.330 e. The zero-order valence-electron chi connectivity index (χ0n) is 9.90. The molecule has 0 aliphatic carbocycles. The van der Waals surface area contributed by atoms with E-state index >= 15 is 0 Å². The van der Waals surface area contributed by atoms with Gasteiger partial charge in [-0.2, -0.15) is 0 Å². The summed E-state index contributed by atoms with van der Waals surface area (Å²) < 4.78 is 5.54. The van der Waals surface area contributed by atoms with Gasteiger partial charge in [0.15, 0.2) is 0 Å². The minimum Gasteiger partial charge on any atom is -0.460 e. The monoisotopic (exact) mass is 216 g/mol. The van der Waals surface area contributed by atoms with Gasteiger partial charge in [-0.25, -0.2) is 4.79 Å². The highest BCUT2D eigenvalue weighted by Gasteiger charge is 2.22. The topological polar surface area (TPSA) is 46.5 Å². The highest BCUT2D eigenvalue weighted by atomic mass is 16.5. The number of carbonyl (C=O) groups excluding carboxylic acids is 1. The first kappa shape index (κ1) is 14.1. The summed E-state index contributed by atoms with van der Waals surface area (Å²) in [6.45, 7) is 9.97. The molecule has 1 atom stereocenters. The van der Waals surface area contributed by atoms with E-state index in [1.54, 1.807) is 0 Å². The van der Waals surface area contributed by atoms with E-state index in [4.69, 9.17) is 4.74 Å². The van der Waals surface area contributed by atoms with E-state index in [1.807, 2.05) is 0 Å². The molecule has 0 aromatic rings. The van der Waals surface area contributed by atoms with Crippen molar-refractivity contribution >= 4 is 5.97 Å². The lowest BCUT2D eigenvalue weighted by molar-refractivity contribution is -0.909. The predicted octanol–water partition coefficient (Wildman–Crippen LogP) is 0.563. The van der Waals surface area contributed by atoms with Crippen molar-refractivity contribution < 1.29 is 19.1 Å². The van der Waals surface area contributed by atoms with E-state index in [2.05, 4.69) is 27.5 Å². The molecular weight excluding hydrogens is 194 g/mol. The standard InChI is InChI=1S/C11H22NO3/c1-5-11(14)15-9-10(13)8-12(4,6-2)7-3/h5,10,13H,1,6-9H2,2-4H3/q+1. The number of ether oxygens (including phenoxy) is 1. The predicted molar refractivity (Wildman–Crippen MR) is 59.3 cm³/mol. The molecule has 0 saturated carbocycles. The van der Waals surface area contributed by atoms with Gasteiger partial charge in [0.2, 0.25) is 0 Å². The lowest BCUT2D eigenvalue weighted by Gasteiger charge is -2.33. The van der Waals surface area contributed by atoms with Gasteiger partial charge >= 0.3 is 5.97 Å². The van der Waals surface area contributed by atoms with Crippen LogP contribution in [0.25, 0.3) is 0 Å². The van der Waals surface area contributed by atoms with Crippen molar-refractivity contribution in [3.05, 3.63) is 12.7 Å². The largest absolute Gasteiger partial charge is 0.460 e. The third-order valence-electron chi connectivity index (χ3n) is 2.76. The van der Waals surface area contributed by atoms with Gasteiger partial charge in [-0.15, -0.1) is 0 Å². The van der Waals surface area contributed by atoms with Crippen molar-refractivity contribution in [3.8, 4) is 0 Å². The molecule has 0 aliphatic heterocycles. The lowest BCUT2D eigenvalue weighted by Crippen LogP contribution is -2.49. The van der Waals surface area contributed by atoms with Crippen LogP contribution in [0.2, 0.25) is 0 Å². The zero-order valence-corrected chi connectivity index (χ0v) is 9.90. The lowest BCUT2D eigenvalue weighted by atomic mass is 10.3. The third-order valence-corrected chi connectivity index (χ3v) is 2.76. The van der Waals surface area contributed by atoms with Crippen LogP contribution >= 0.6 is 0 Å². The van der Waals surface area contributed by atoms with Crippen LogP contribution in [0.1, 0.15) is 13.8 Å². The molecule has 88 valence electrons. The van der Waals surface area contributed by atoms with Gasteiger partial charge in [-0.1, -0.05) is 6.58 Å². The molecule has 4 nitrogen and oxygen atoms in total. The number of rotatable bonds is 7. The Morgan fingerprint density at radius 2 is 2.07 bits per heavy atom. The van der Waals surface area contributed by atoms with Crippen molar-refractivity contribution in [2.45, 2.75) is 20.0 Å². The fourth-order valence-corrected chi connectivity index (χ4v) is 1.28. The normalized spacial score (nSPS) is 13.3. The second kappa shape index (κ2) is 6.58.